The molecule has 114 valence electrons. The molecular weight excluding hydrogens is 322 g/mol. The Labute approximate surface area is 129 Å². The number of rotatable bonds is 8. The van der Waals surface area contributed by atoms with E-state index in [4.69, 9.17) is 5.11 Å². The summed E-state index contributed by atoms with van der Waals surface area (Å²) in [6, 6.07) is 0.225. The summed E-state index contributed by atoms with van der Waals surface area (Å²) in [6.45, 7) is 9.69. The number of nitrogens with zero attached hydrogens (tertiary/aromatic N) is 3. The normalized spacial score (nSPS) is 12.9. The number of aliphatic carboxylic acids is 1. The van der Waals surface area contributed by atoms with Gasteiger partial charge in [-0.3, -0.25) is 14.4 Å². The zero-order valence-corrected chi connectivity index (χ0v) is 14.3. The second-order valence-corrected chi connectivity index (χ2v) is 5.73. The standard InChI is InChI=1S/C14H24BrN3O2/c1-5-10(4)17(9-13(19)20)8-12-14(15)11(6-2)16-18(12)7-3/h10H,5-9H2,1-4H3,(H,19,20). The fourth-order valence-electron chi connectivity index (χ4n) is 2.16. The molecule has 0 aromatic carbocycles. The molecule has 1 unspecified atom stereocenters. The third kappa shape index (κ3) is 4.06. The lowest BCUT2D eigenvalue weighted by atomic mass is 10.2. The van der Waals surface area contributed by atoms with Crippen LogP contribution in [0.1, 0.15) is 45.5 Å². The minimum absolute atomic E-state index is 0.0534. The van der Waals surface area contributed by atoms with Crippen LogP contribution in [0, 0.1) is 0 Å². The number of hydrogen-bond donors (Lipinski definition) is 1. The van der Waals surface area contributed by atoms with Crippen molar-refractivity contribution in [2.75, 3.05) is 6.54 Å². The Morgan fingerprint density at radius 1 is 1.45 bits per heavy atom. The Morgan fingerprint density at radius 3 is 2.55 bits per heavy atom. The molecule has 1 aromatic heterocycles. The Balaban J connectivity index is 3.03. The molecule has 0 saturated carbocycles. The van der Waals surface area contributed by atoms with Crippen LogP contribution in [0.4, 0.5) is 0 Å². The lowest BCUT2D eigenvalue weighted by Crippen LogP contribution is -2.37. The van der Waals surface area contributed by atoms with Crippen molar-refractivity contribution in [2.24, 2.45) is 0 Å². The number of carboxylic acid groups (broad SMARTS) is 1. The number of halogens is 1. The number of aryl methyl sites for hydroxylation is 2. The fourth-order valence-corrected chi connectivity index (χ4v) is 2.85. The molecule has 0 aliphatic rings. The highest BCUT2D eigenvalue weighted by Gasteiger charge is 2.21. The Kier molecular flexibility index (Phi) is 6.68. The molecule has 0 fully saturated rings. The average Bonchev–Trinajstić information content (AvgIpc) is 2.73. The molecule has 1 atom stereocenters. The van der Waals surface area contributed by atoms with E-state index in [0.29, 0.717) is 6.54 Å². The summed E-state index contributed by atoms with van der Waals surface area (Å²) in [5, 5.41) is 13.6. The first-order valence-corrected chi connectivity index (χ1v) is 7.93. The van der Waals surface area contributed by atoms with Crippen LogP contribution in [0.2, 0.25) is 0 Å². The van der Waals surface area contributed by atoms with Crippen LogP contribution in [0.3, 0.4) is 0 Å². The number of carbonyl (C=O) groups is 1. The summed E-state index contributed by atoms with van der Waals surface area (Å²) >= 11 is 3.61. The van der Waals surface area contributed by atoms with Gasteiger partial charge in [0.15, 0.2) is 0 Å². The monoisotopic (exact) mass is 345 g/mol. The van der Waals surface area contributed by atoms with Crippen molar-refractivity contribution in [3.63, 3.8) is 0 Å². The lowest BCUT2D eigenvalue weighted by molar-refractivity contribution is -0.139. The van der Waals surface area contributed by atoms with Crippen molar-refractivity contribution in [1.29, 1.82) is 0 Å². The van der Waals surface area contributed by atoms with Crippen molar-refractivity contribution in [2.45, 2.75) is 59.7 Å². The summed E-state index contributed by atoms with van der Waals surface area (Å²) in [7, 11) is 0. The first-order valence-electron chi connectivity index (χ1n) is 7.14. The Bertz CT molecular complexity index is 460. The highest BCUT2D eigenvalue weighted by molar-refractivity contribution is 9.10. The molecule has 1 N–H and O–H groups in total. The van der Waals surface area contributed by atoms with Gasteiger partial charge in [0.05, 0.1) is 22.4 Å². The van der Waals surface area contributed by atoms with E-state index in [0.717, 1.165) is 35.2 Å². The highest BCUT2D eigenvalue weighted by atomic mass is 79.9. The Morgan fingerprint density at radius 2 is 2.10 bits per heavy atom. The van der Waals surface area contributed by atoms with Gasteiger partial charge in [0.2, 0.25) is 0 Å². The summed E-state index contributed by atoms with van der Waals surface area (Å²) in [6.07, 6.45) is 1.79. The van der Waals surface area contributed by atoms with E-state index >= 15 is 0 Å². The molecule has 20 heavy (non-hydrogen) atoms. The number of carboxylic acids is 1. The van der Waals surface area contributed by atoms with Crippen LogP contribution in [-0.2, 0) is 24.3 Å². The van der Waals surface area contributed by atoms with Gasteiger partial charge in [0, 0.05) is 19.1 Å². The minimum atomic E-state index is -0.792. The Hall–Kier alpha value is -0.880. The van der Waals surface area contributed by atoms with Gasteiger partial charge in [0.25, 0.3) is 0 Å². The van der Waals surface area contributed by atoms with Crippen LogP contribution in [-0.4, -0.2) is 38.3 Å². The van der Waals surface area contributed by atoms with Crippen molar-refractivity contribution in [3.05, 3.63) is 15.9 Å². The van der Waals surface area contributed by atoms with Crippen molar-refractivity contribution in [1.82, 2.24) is 14.7 Å². The van der Waals surface area contributed by atoms with Gasteiger partial charge in [-0.2, -0.15) is 5.10 Å². The molecule has 0 amide bonds. The maximum absolute atomic E-state index is 11.0. The van der Waals surface area contributed by atoms with Gasteiger partial charge in [-0.15, -0.1) is 0 Å². The van der Waals surface area contributed by atoms with E-state index in [1.807, 2.05) is 16.5 Å². The smallest absolute Gasteiger partial charge is 0.317 e. The summed E-state index contributed by atoms with van der Waals surface area (Å²) in [4.78, 5) is 13.0. The average molecular weight is 346 g/mol. The number of hydrogen-bond acceptors (Lipinski definition) is 3. The molecule has 1 rings (SSSR count). The lowest BCUT2D eigenvalue weighted by Gasteiger charge is -2.27. The van der Waals surface area contributed by atoms with E-state index in [1.54, 1.807) is 0 Å². The van der Waals surface area contributed by atoms with E-state index in [1.165, 1.54) is 0 Å². The van der Waals surface area contributed by atoms with Crippen molar-refractivity contribution in [3.8, 4) is 0 Å². The topological polar surface area (TPSA) is 58.4 Å². The fraction of sp³-hybridized carbons (Fsp3) is 0.714. The van der Waals surface area contributed by atoms with E-state index in [-0.39, 0.29) is 12.6 Å². The maximum atomic E-state index is 11.0. The highest BCUT2D eigenvalue weighted by Crippen LogP contribution is 2.24. The van der Waals surface area contributed by atoms with Crippen LogP contribution in [0.25, 0.3) is 0 Å². The predicted octanol–water partition coefficient (Wildman–Crippen LogP) is 2.91. The van der Waals surface area contributed by atoms with Gasteiger partial charge < -0.3 is 5.11 Å². The molecule has 0 aliphatic heterocycles. The summed E-state index contributed by atoms with van der Waals surface area (Å²) in [5.74, 6) is -0.792. The first kappa shape index (κ1) is 17.2. The number of aromatic nitrogens is 2. The zero-order chi connectivity index (χ0) is 15.3. The van der Waals surface area contributed by atoms with Crippen LogP contribution >= 0.6 is 15.9 Å². The largest absolute Gasteiger partial charge is 0.480 e. The SMILES string of the molecule is CCc1nn(CC)c(CN(CC(=O)O)C(C)CC)c1Br. The van der Waals surface area contributed by atoms with Gasteiger partial charge in [-0.25, -0.2) is 0 Å². The third-order valence-corrected chi connectivity index (χ3v) is 4.51. The second-order valence-electron chi connectivity index (χ2n) is 4.93. The summed E-state index contributed by atoms with van der Waals surface area (Å²) < 4.78 is 2.97. The van der Waals surface area contributed by atoms with E-state index in [9.17, 15) is 4.79 Å². The zero-order valence-electron chi connectivity index (χ0n) is 12.7. The van der Waals surface area contributed by atoms with Gasteiger partial charge in [-0.05, 0) is 42.6 Å². The molecule has 1 aromatic rings. The molecule has 0 spiro atoms. The molecule has 1 heterocycles. The molecule has 0 bridgehead atoms. The first-order chi connectivity index (χ1) is 9.44. The molecule has 5 nitrogen and oxygen atoms in total. The predicted molar refractivity (Wildman–Crippen MR) is 82.8 cm³/mol. The molecule has 0 radical (unpaired) electrons. The molecule has 0 aliphatic carbocycles. The van der Waals surface area contributed by atoms with Crippen LogP contribution in [0.15, 0.2) is 4.47 Å². The van der Waals surface area contributed by atoms with Gasteiger partial charge >= 0.3 is 5.97 Å². The van der Waals surface area contributed by atoms with E-state index < -0.39 is 5.97 Å². The van der Waals surface area contributed by atoms with Crippen molar-refractivity contribution < 1.29 is 9.90 Å². The third-order valence-electron chi connectivity index (χ3n) is 3.60. The van der Waals surface area contributed by atoms with E-state index in [2.05, 4.69) is 41.8 Å². The molecule has 0 saturated heterocycles. The summed E-state index contributed by atoms with van der Waals surface area (Å²) in [5.41, 5.74) is 2.09. The second kappa shape index (κ2) is 7.78. The molecular formula is C14H24BrN3O2. The molecule has 6 heteroatoms. The van der Waals surface area contributed by atoms with Gasteiger partial charge in [0.1, 0.15) is 0 Å². The van der Waals surface area contributed by atoms with Crippen LogP contribution < -0.4 is 0 Å². The maximum Gasteiger partial charge on any atom is 0.317 e. The van der Waals surface area contributed by atoms with Crippen molar-refractivity contribution >= 4 is 21.9 Å². The minimum Gasteiger partial charge on any atom is -0.480 e. The quantitative estimate of drug-likeness (QED) is 0.786. The van der Waals surface area contributed by atoms with Crippen LogP contribution in [0.5, 0.6) is 0 Å². The van der Waals surface area contributed by atoms with Gasteiger partial charge in [-0.1, -0.05) is 13.8 Å².